The lowest BCUT2D eigenvalue weighted by molar-refractivity contribution is -0.139. The molecule has 3 fully saturated rings. The molecule has 3 saturated heterocycles. The van der Waals surface area contributed by atoms with Crippen LogP contribution in [-0.4, -0.2) is 105 Å². The van der Waals surface area contributed by atoms with E-state index < -0.39 is 24.3 Å². The Hall–Kier alpha value is -6.16. The molecule has 0 saturated carbocycles. The van der Waals surface area contributed by atoms with Crippen molar-refractivity contribution < 1.29 is 38.1 Å². The number of H-pyrrole nitrogens is 2. The first-order valence-electron chi connectivity index (χ1n) is 23.2. The van der Waals surface area contributed by atoms with Crippen molar-refractivity contribution in [1.82, 2.24) is 40.4 Å². The standard InChI is InChI=1S/C49H60N8O8/c1-7-8-32-12-16-39(57(32)47(59)42(55-49(61)63-6)28-17-19-64-20-18-28)45-51-36-14-11-29-22-35-33-13-10-30(21-31(33)25-65-40(35)23-34(29)43(36)53-45)37-24-50-44(52-37)38-15-9-27(4)56(38)46(58)41(26(2)3)54-48(60)62-5/h10-11,13-14,21-24,26-28,32,38-39,41-42H,7-9,12,15-20,25H2,1-6H3,(H,50,52)(H,51,53)(H,54,60)(H,55,61). The van der Waals surface area contributed by atoms with E-state index in [1.54, 1.807) is 0 Å². The number of fused-ring (bicyclic) bond motifs is 6. The number of ether oxygens (including phenoxy) is 4. The van der Waals surface area contributed by atoms with Crippen molar-refractivity contribution in [1.29, 1.82) is 0 Å². The molecule has 16 nitrogen and oxygen atoms in total. The molecule has 65 heavy (non-hydrogen) atoms. The van der Waals surface area contributed by atoms with Gasteiger partial charge in [0.1, 0.15) is 36.1 Å². The molecule has 0 spiro atoms. The lowest BCUT2D eigenvalue weighted by Gasteiger charge is -2.36. The van der Waals surface area contributed by atoms with Crippen LogP contribution in [0.1, 0.15) is 108 Å². The summed E-state index contributed by atoms with van der Waals surface area (Å²) in [6.45, 7) is 9.46. The Morgan fingerprint density at radius 3 is 2.35 bits per heavy atom. The van der Waals surface area contributed by atoms with Gasteiger partial charge in [-0.1, -0.05) is 45.4 Å². The molecule has 16 heteroatoms. The van der Waals surface area contributed by atoms with Crippen molar-refractivity contribution in [3.8, 4) is 28.1 Å². The van der Waals surface area contributed by atoms with Gasteiger partial charge < -0.3 is 49.3 Å². The number of benzene rings is 3. The molecule has 344 valence electrons. The van der Waals surface area contributed by atoms with E-state index in [0.717, 1.165) is 99.9 Å². The first-order chi connectivity index (χ1) is 31.5. The Labute approximate surface area is 378 Å². The SMILES string of the molecule is CCCC1CCC(c2nc3c(ccc4cc5c(cc43)OCc3cc(-c4cnc(C6CCC(C)N6C(=O)C(NC(=O)OC)C(C)C)[nH]4)ccc3-5)[nH]2)N1C(=O)C(NC(=O)OC)C1CCOCC1. The van der Waals surface area contributed by atoms with Crippen LogP contribution < -0.4 is 15.4 Å². The van der Waals surface area contributed by atoms with Gasteiger partial charge in [-0.15, -0.1) is 0 Å². The Bertz CT molecular complexity index is 2600. The number of hydrogen-bond acceptors (Lipinski definition) is 10. The summed E-state index contributed by atoms with van der Waals surface area (Å²) in [5.41, 5.74) is 6.61. The van der Waals surface area contributed by atoms with E-state index in [4.69, 9.17) is 28.9 Å². The second-order valence-corrected chi connectivity index (χ2v) is 18.4. The van der Waals surface area contributed by atoms with Crippen molar-refractivity contribution in [3.63, 3.8) is 0 Å². The molecule has 0 bridgehead atoms. The normalized spacial score (nSPS) is 21.8. The van der Waals surface area contributed by atoms with Crippen LogP contribution in [0.3, 0.4) is 0 Å². The van der Waals surface area contributed by atoms with Gasteiger partial charge in [-0.2, -0.15) is 0 Å². The van der Waals surface area contributed by atoms with Crippen molar-refractivity contribution in [2.24, 2.45) is 11.8 Å². The molecule has 6 heterocycles. The molecule has 4 N–H and O–H groups in total. The van der Waals surface area contributed by atoms with E-state index in [0.29, 0.717) is 38.5 Å². The maximum absolute atomic E-state index is 14.7. The summed E-state index contributed by atoms with van der Waals surface area (Å²) in [6, 6.07) is 12.8. The van der Waals surface area contributed by atoms with Crippen LogP contribution >= 0.6 is 0 Å². The minimum absolute atomic E-state index is 0.0184. The van der Waals surface area contributed by atoms with Gasteiger partial charge in [0.15, 0.2) is 0 Å². The zero-order chi connectivity index (χ0) is 45.5. The second-order valence-electron chi connectivity index (χ2n) is 18.4. The molecular weight excluding hydrogens is 829 g/mol. The summed E-state index contributed by atoms with van der Waals surface area (Å²) in [5, 5.41) is 7.60. The summed E-state index contributed by atoms with van der Waals surface area (Å²) in [5.74, 6) is 1.78. The van der Waals surface area contributed by atoms with Gasteiger partial charge in [-0.05, 0) is 110 Å². The van der Waals surface area contributed by atoms with E-state index in [1.807, 2.05) is 36.8 Å². The minimum Gasteiger partial charge on any atom is -0.488 e. The summed E-state index contributed by atoms with van der Waals surface area (Å²) in [4.78, 5) is 74.2. The largest absolute Gasteiger partial charge is 0.488 e. The molecule has 6 atom stereocenters. The Balaban J connectivity index is 0.975. The molecule has 4 amide bonds. The van der Waals surface area contributed by atoms with Gasteiger partial charge in [0.2, 0.25) is 11.8 Å². The zero-order valence-electron chi connectivity index (χ0n) is 38.1. The third kappa shape index (κ3) is 8.36. The highest BCUT2D eigenvalue weighted by Crippen LogP contribution is 2.45. The first kappa shape index (κ1) is 44.1. The average molecular weight is 889 g/mol. The molecule has 9 rings (SSSR count). The van der Waals surface area contributed by atoms with Crippen LogP contribution in [-0.2, 0) is 30.4 Å². The quantitative estimate of drug-likeness (QED) is 0.101. The van der Waals surface area contributed by atoms with Crippen LogP contribution in [0.2, 0.25) is 0 Å². The highest BCUT2D eigenvalue weighted by Gasteiger charge is 2.45. The number of carbonyl (C=O) groups is 4. The predicted molar refractivity (Wildman–Crippen MR) is 244 cm³/mol. The summed E-state index contributed by atoms with van der Waals surface area (Å²) < 4.78 is 21.9. The highest BCUT2D eigenvalue weighted by molar-refractivity contribution is 6.07. The molecule has 0 aliphatic carbocycles. The molecule has 5 aromatic rings. The number of aromatic nitrogens is 4. The Morgan fingerprint density at radius 2 is 1.60 bits per heavy atom. The van der Waals surface area contributed by atoms with E-state index in [9.17, 15) is 19.2 Å². The highest BCUT2D eigenvalue weighted by atomic mass is 16.5. The molecule has 3 aromatic carbocycles. The van der Waals surface area contributed by atoms with Crippen molar-refractivity contribution in [2.75, 3.05) is 27.4 Å². The fourth-order valence-electron chi connectivity index (χ4n) is 10.6. The van der Waals surface area contributed by atoms with Crippen LogP contribution in [0.15, 0.2) is 48.7 Å². The van der Waals surface area contributed by atoms with Crippen LogP contribution in [0.25, 0.3) is 44.2 Å². The number of nitrogens with zero attached hydrogens (tertiary/aromatic N) is 4. The number of methoxy groups -OCH3 is 2. The van der Waals surface area contributed by atoms with Crippen molar-refractivity contribution in [3.05, 3.63) is 65.9 Å². The maximum Gasteiger partial charge on any atom is 0.407 e. The number of nitrogens with one attached hydrogen (secondary N) is 4. The van der Waals surface area contributed by atoms with Gasteiger partial charge in [0.05, 0.1) is 49.2 Å². The fraction of sp³-hybridized carbons (Fsp3) is 0.510. The van der Waals surface area contributed by atoms with Crippen molar-refractivity contribution in [2.45, 2.75) is 122 Å². The third-order valence-electron chi connectivity index (χ3n) is 14.1. The number of carbonyl (C=O) groups excluding carboxylic acids is 4. The van der Waals surface area contributed by atoms with Crippen LogP contribution in [0.5, 0.6) is 5.75 Å². The topological polar surface area (TPSA) is 193 Å². The Morgan fingerprint density at radius 1 is 0.846 bits per heavy atom. The van der Waals surface area contributed by atoms with Crippen LogP contribution in [0, 0.1) is 11.8 Å². The molecular formula is C49H60N8O8. The number of alkyl carbamates (subject to hydrolysis) is 2. The molecule has 2 aromatic heterocycles. The summed E-state index contributed by atoms with van der Waals surface area (Å²) in [7, 11) is 2.62. The minimum atomic E-state index is -0.721. The van der Waals surface area contributed by atoms with Gasteiger partial charge >= 0.3 is 12.2 Å². The van der Waals surface area contributed by atoms with E-state index >= 15 is 0 Å². The van der Waals surface area contributed by atoms with E-state index in [2.05, 4.69) is 70.0 Å². The molecule has 0 radical (unpaired) electrons. The smallest absolute Gasteiger partial charge is 0.407 e. The second kappa shape index (κ2) is 18.4. The van der Waals surface area contributed by atoms with Gasteiger partial charge in [0, 0.05) is 36.2 Å². The summed E-state index contributed by atoms with van der Waals surface area (Å²) >= 11 is 0. The molecule has 4 aliphatic rings. The van der Waals surface area contributed by atoms with E-state index in [-0.39, 0.29) is 47.8 Å². The van der Waals surface area contributed by atoms with Crippen molar-refractivity contribution >= 4 is 45.8 Å². The predicted octanol–water partition coefficient (Wildman–Crippen LogP) is 8.08. The fourth-order valence-corrected chi connectivity index (χ4v) is 10.6. The number of amides is 4. The van der Waals surface area contributed by atoms with Gasteiger partial charge in [-0.3, -0.25) is 9.59 Å². The lowest BCUT2D eigenvalue weighted by atomic mass is 9.90. The number of imidazole rings is 2. The Kier molecular flexibility index (Phi) is 12.5. The number of likely N-dealkylation sites (tertiary alicyclic amines) is 2. The number of hydrogen-bond donors (Lipinski definition) is 4. The number of aromatic amines is 2. The summed E-state index contributed by atoms with van der Waals surface area (Å²) in [6.07, 6.45) is 6.91. The average Bonchev–Trinajstić information content (AvgIpc) is 4.15. The lowest BCUT2D eigenvalue weighted by Crippen LogP contribution is -2.54. The monoisotopic (exact) mass is 888 g/mol. The third-order valence-corrected chi connectivity index (χ3v) is 14.1. The van der Waals surface area contributed by atoms with E-state index in [1.165, 1.54) is 14.2 Å². The van der Waals surface area contributed by atoms with Crippen LogP contribution in [0.4, 0.5) is 9.59 Å². The number of rotatable bonds is 11. The molecule has 6 unspecified atom stereocenters. The maximum atomic E-state index is 14.7. The van der Waals surface area contributed by atoms with Gasteiger partial charge in [-0.25, -0.2) is 19.6 Å². The first-order valence-corrected chi connectivity index (χ1v) is 23.2. The molecule has 4 aliphatic heterocycles. The zero-order valence-corrected chi connectivity index (χ0v) is 38.1. The van der Waals surface area contributed by atoms with Gasteiger partial charge in [0.25, 0.3) is 0 Å².